The summed E-state index contributed by atoms with van der Waals surface area (Å²) in [6.45, 7) is 5.52. The molecule has 4 aromatic carbocycles. The molecule has 0 radical (unpaired) electrons. The molecule has 0 saturated carbocycles. The fourth-order valence-corrected chi connectivity index (χ4v) is 7.32. The fourth-order valence-electron chi connectivity index (χ4n) is 6.28. The summed E-state index contributed by atoms with van der Waals surface area (Å²) in [6, 6.07) is 32.6. The molecule has 45 heavy (non-hydrogen) atoms. The molecular weight excluding hydrogens is 584 g/mol. The zero-order chi connectivity index (χ0) is 31.2. The highest BCUT2D eigenvalue weighted by atomic mass is 32.2. The fraction of sp³-hybridized carbons (Fsp3) is 0.351. The second-order valence-corrected chi connectivity index (χ2v) is 13.9. The van der Waals surface area contributed by atoms with Gasteiger partial charge in [-0.25, -0.2) is 13.1 Å². The van der Waals surface area contributed by atoms with Crippen molar-refractivity contribution < 1.29 is 23.0 Å². The molecule has 2 heterocycles. The van der Waals surface area contributed by atoms with E-state index >= 15 is 0 Å². The van der Waals surface area contributed by atoms with E-state index in [1.807, 2.05) is 36.4 Å². The number of nitrogens with one attached hydrogen (secondary N) is 1. The van der Waals surface area contributed by atoms with Crippen molar-refractivity contribution in [3.8, 4) is 11.1 Å². The largest absolute Gasteiger partial charge is 0.392 e. The van der Waals surface area contributed by atoms with E-state index in [2.05, 4.69) is 52.9 Å². The number of sulfonamides is 1. The third-order valence-electron chi connectivity index (χ3n) is 8.97. The van der Waals surface area contributed by atoms with Crippen LogP contribution in [-0.4, -0.2) is 44.2 Å². The normalized spacial score (nSPS) is 22.7. The minimum Gasteiger partial charge on any atom is -0.392 e. The van der Waals surface area contributed by atoms with Crippen molar-refractivity contribution in [2.24, 2.45) is 5.92 Å². The summed E-state index contributed by atoms with van der Waals surface area (Å²) < 4.78 is 41.4. The number of hydrogen-bond acceptors (Lipinski definition) is 6. The van der Waals surface area contributed by atoms with Crippen LogP contribution >= 0.6 is 0 Å². The van der Waals surface area contributed by atoms with E-state index in [0.717, 1.165) is 53.0 Å². The van der Waals surface area contributed by atoms with Gasteiger partial charge in [0.15, 0.2) is 6.29 Å². The molecule has 2 aliphatic rings. The quantitative estimate of drug-likeness (QED) is 0.206. The van der Waals surface area contributed by atoms with Gasteiger partial charge in [0.05, 0.1) is 23.7 Å². The summed E-state index contributed by atoms with van der Waals surface area (Å²) in [5, 5.41) is 9.54. The van der Waals surface area contributed by atoms with Crippen molar-refractivity contribution in [2.45, 2.75) is 62.7 Å². The van der Waals surface area contributed by atoms with Gasteiger partial charge in [-0.3, -0.25) is 0 Å². The van der Waals surface area contributed by atoms with Gasteiger partial charge in [-0.15, -0.1) is 0 Å². The standard InChI is InChI=1S/C37H42N2O5S/c1-27-35(25-39-21-6-3-7-22-39)43-37(44-36(27)31-15-13-28(26-40)14-16-31)32-19-17-30(18-20-32)33-10-8-9-29(23-33)24-38-45(41,42)34-11-4-2-5-12-34/h2,4-5,8-20,23,27,35-38,40H,3,6-7,21-22,24-26H2,1H3/t27-,35+,36+,37+/m1/s1. The van der Waals surface area contributed by atoms with E-state index in [-0.39, 0.29) is 36.2 Å². The molecule has 2 aliphatic heterocycles. The van der Waals surface area contributed by atoms with Crippen molar-refractivity contribution in [1.82, 2.24) is 9.62 Å². The summed E-state index contributed by atoms with van der Waals surface area (Å²) in [5.74, 6) is 0.157. The van der Waals surface area contributed by atoms with Gasteiger partial charge in [0, 0.05) is 24.6 Å². The number of aliphatic hydroxyl groups is 1. The predicted octanol–water partition coefficient (Wildman–Crippen LogP) is 6.60. The second-order valence-electron chi connectivity index (χ2n) is 12.1. The maximum atomic E-state index is 12.7. The average Bonchev–Trinajstić information content (AvgIpc) is 3.09. The van der Waals surface area contributed by atoms with E-state index < -0.39 is 16.3 Å². The van der Waals surface area contributed by atoms with Crippen molar-refractivity contribution >= 4 is 10.0 Å². The van der Waals surface area contributed by atoms with Gasteiger partial charge in [-0.1, -0.05) is 98.3 Å². The highest BCUT2D eigenvalue weighted by molar-refractivity contribution is 7.89. The number of likely N-dealkylation sites (tertiary alicyclic amines) is 1. The lowest BCUT2D eigenvalue weighted by Crippen LogP contribution is -2.45. The maximum absolute atomic E-state index is 12.7. The van der Waals surface area contributed by atoms with Crippen molar-refractivity contribution in [1.29, 1.82) is 0 Å². The maximum Gasteiger partial charge on any atom is 0.240 e. The molecule has 0 amide bonds. The van der Waals surface area contributed by atoms with Crippen LogP contribution in [0.25, 0.3) is 11.1 Å². The molecule has 0 aliphatic carbocycles. The van der Waals surface area contributed by atoms with Gasteiger partial charge >= 0.3 is 0 Å². The Kier molecular flexibility index (Phi) is 10.1. The molecule has 7 nitrogen and oxygen atoms in total. The molecule has 2 fully saturated rings. The van der Waals surface area contributed by atoms with Crippen LogP contribution in [0.3, 0.4) is 0 Å². The Balaban J connectivity index is 1.18. The Morgan fingerprint density at radius 1 is 0.778 bits per heavy atom. The van der Waals surface area contributed by atoms with Crippen molar-refractivity contribution in [3.05, 3.63) is 125 Å². The molecule has 0 bridgehead atoms. The Bertz CT molecular complexity index is 1640. The first-order chi connectivity index (χ1) is 21.9. The van der Waals surface area contributed by atoms with Crippen LogP contribution < -0.4 is 4.72 Å². The number of aliphatic hydroxyl groups excluding tert-OH is 1. The Labute approximate surface area is 266 Å². The monoisotopic (exact) mass is 626 g/mol. The van der Waals surface area contributed by atoms with Crippen LogP contribution in [0.5, 0.6) is 0 Å². The molecule has 0 aromatic heterocycles. The number of nitrogens with zero attached hydrogens (tertiary/aromatic N) is 1. The third-order valence-corrected chi connectivity index (χ3v) is 10.4. The predicted molar refractivity (Wildman–Crippen MR) is 176 cm³/mol. The summed E-state index contributed by atoms with van der Waals surface area (Å²) in [6.07, 6.45) is 3.12. The van der Waals surface area contributed by atoms with Crippen LogP contribution in [0, 0.1) is 5.92 Å². The molecule has 0 unspecified atom stereocenters. The number of piperidine rings is 1. The molecule has 2 N–H and O–H groups in total. The number of benzene rings is 4. The molecule has 4 atom stereocenters. The second kappa shape index (κ2) is 14.4. The first kappa shape index (κ1) is 31.6. The van der Waals surface area contributed by atoms with E-state index in [1.54, 1.807) is 30.3 Å². The third kappa shape index (κ3) is 7.72. The first-order valence-corrected chi connectivity index (χ1v) is 17.3. The molecule has 6 rings (SSSR count). The van der Waals surface area contributed by atoms with E-state index in [9.17, 15) is 13.5 Å². The zero-order valence-electron chi connectivity index (χ0n) is 25.7. The van der Waals surface area contributed by atoms with Crippen LogP contribution in [0.2, 0.25) is 0 Å². The Hall–Kier alpha value is -3.37. The highest BCUT2D eigenvalue weighted by Crippen LogP contribution is 2.42. The van der Waals surface area contributed by atoms with Crippen LogP contribution in [0.15, 0.2) is 108 Å². The minimum atomic E-state index is -3.59. The molecule has 2 saturated heterocycles. The average molecular weight is 627 g/mol. The van der Waals surface area contributed by atoms with Crippen LogP contribution in [0.1, 0.15) is 60.8 Å². The summed E-state index contributed by atoms with van der Waals surface area (Å²) in [5.41, 5.74) is 5.83. The number of rotatable bonds is 10. The van der Waals surface area contributed by atoms with E-state index in [0.29, 0.717) is 0 Å². The Morgan fingerprint density at radius 2 is 1.49 bits per heavy atom. The molecule has 4 aromatic rings. The van der Waals surface area contributed by atoms with Gasteiger partial charge in [-0.05, 0) is 71.9 Å². The van der Waals surface area contributed by atoms with Gasteiger partial charge < -0.3 is 19.5 Å². The van der Waals surface area contributed by atoms with Crippen molar-refractivity contribution in [2.75, 3.05) is 19.6 Å². The van der Waals surface area contributed by atoms with Crippen LogP contribution in [0.4, 0.5) is 0 Å². The lowest BCUT2D eigenvalue weighted by Gasteiger charge is -2.43. The Morgan fingerprint density at radius 3 is 2.20 bits per heavy atom. The summed E-state index contributed by atoms with van der Waals surface area (Å²) in [4.78, 5) is 2.77. The van der Waals surface area contributed by atoms with Gasteiger partial charge in [0.1, 0.15) is 0 Å². The summed E-state index contributed by atoms with van der Waals surface area (Å²) in [7, 11) is -3.59. The van der Waals surface area contributed by atoms with Crippen LogP contribution in [-0.2, 0) is 32.6 Å². The molecular formula is C37H42N2O5S. The number of hydrogen-bond donors (Lipinski definition) is 2. The minimum absolute atomic E-state index is 0.0143. The zero-order valence-corrected chi connectivity index (χ0v) is 26.5. The van der Waals surface area contributed by atoms with E-state index in [1.165, 1.54) is 19.3 Å². The highest BCUT2D eigenvalue weighted by Gasteiger charge is 2.39. The number of ether oxygens (including phenoxy) is 2. The van der Waals surface area contributed by atoms with Gasteiger partial charge in [0.25, 0.3) is 0 Å². The van der Waals surface area contributed by atoms with E-state index in [4.69, 9.17) is 9.47 Å². The lowest BCUT2D eigenvalue weighted by atomic mass is 9.89. The SMILES string of the molecule is C[C@@H]1[C@H](CN2CCCCC2)O[C@H](c2ccc(-c3cccc(CNS(=O)(=O)c4ccccc4)c3)cc2)O[C@@H]1c1ccc(CO)cc1. The molecule has 236 valence electrons. The van der Waals surface area contributed by atoms with Gasteiger partial charge in [0.2, 0.25) is 10.0 Å². The topological polar surface area (TPSA) is 88.1 Å². The summed E-state index contributed by atoms with van der Waals surface area (Å²) >= 11 is 0. The first-order valence-electron chi connectivity index (χ1n) is 15.9. The smallest absolute Gasteiger partial charge is 0.240 e. The lowest BCUT2D eigenvalue weighted by molar-refractivity contribution is -0.276. The van der Waals surface area contributed by atoms with Crippen molar-refractivity contribution in [3.63, 3.8) is 0 Å². The van der Waals surface area contributed by atoms with Gasteiger partial charge in [-0.2, -0.15) is 0 Å². The molecule has 0 spiro atoms. The molecule has 8 heteroatoms.